The van der Waals surface area contributed by atoms with E-state index in [9.17, 15) is 13.6 Å². The van der Waals surface area contributed by atoms with Gasteiger partial charge in [0.05, 0.1) is 0 Å². The number of hydrogen-bond donors (Lipinski definition) is 2. The molecule has 92 valence electrons. The first-order valence-corrected chi connectivity index (χ1v) is 5.12. The molecule has 0 radical (unpaired) electrons. The summed E-state index contributed by atoms with van der Waals surface area (Å²) in [5.74, 6) is -2.70. The van der Waals surface area contributed by atoms with Gasteiger partial charge in [0, 0.05) is 5.69 Å². The van der Waals surface area contributed by atoms with Crippen LogP contribution in [-0.2, 0) is 0 Å². The normalized spacial score (nSPS) is 10.1. The molecule has 0 spiro atoms. The van der Waals surface area contributed by atoms with E-state index in [1.165, 1.54) is 30.3 Å². The van der Waals surface area contributed by atoms with Crippen molar-refractivity contribution in [3.05, 3.63) is 59.7 Å². The Morgan fingerprint density at radius 1 is 1.00 bits per heavy atom. The maximum absolute atomic E-state index is 13.3. The van der Waals surface area contributed by atoms with Crippen LogP contribution >= 0.6 is 0 Å². The molecule has 2 aromatic carbocycles. The van der Waals surface area contributed by atoms with Crippen LogP contribution in [0.3, 0.4) is 0 Å². The highest BCUT2D eigenvalue weighted by molar-refractivity contribution is 6.04. The van der Waals surface area contributed by atoms with E-state index in [1.54, 1.807) is 0 Å². The van der Waals surface area contributed by atoms with Crippen LogP contribution in [0.1, 0.15) is 10.4 Å². The summed E-state index contributed by atoms with van der Waals surface area (Å²) in [5, 5.41) is 11.4. The molecule has 0 saturated heterocycles. The van der Waals surface area contributed by atoms with Crippen LogP contribution in [0.25, 0.3) is 0 Å². The number of phenolic OH excluding ortho intramolecular Hbond substituents is 1. The van der Waals surface area contributed by atoms with Gasteiger partial charge >= 0.3 is 0 Å². The first-order chi connectivity index (χ1) is 8.58. The van der Waals surface area contributed by atoms with E-state index in [-0.39, 0.29) is 5.75 Å². The minimum atomic E-state index is -0.925. The number of anilines is 1. The summed E-state index contributed by atoms with van der Waals surface area (Å²) in [7, 11) is 0. The standard InChI is InChI=1S/C13H9F2NO2/c14-10-2-1-3-11(15)12(10)13(18)16-8-4-6-9(17)7-5-8/h1-7,17H,(H,16,18). The van der Waals surface area contributed by atoms with Gasteiger partial charge in [0.15, 0.2) is 0 Å². The molecule has 1 amide bonds. The molecule has 0 aromatic heterocycles. The van der Waals surface area contributed by atoms with E-state index in [1.807, 2.05) is 0 Å². The van der Waals surface area contributed by atoms with Gasteiger partial charge in [-0.15, -0.1) is 0 Å². The second kappa shape index (κ2) is 4.83. The molecule has 2 aromatic rings. The van der Waals surface area contributed by atoms with Crippen molar-refractivity contribution in [1.82, 2.24) is 0 Å². The molecule has 2 rings (SSSR count). The fraction of sp³-hybridized carbons (Fsp3) is 0. The highest BCUT2D eigenvalue weighted by Gasteiger charge is 2.16. The monoisotopic (exact) mass is 249 g/mol. The largest absolute Gasteiger partial charge is 0.508 e. The molecule has 0 saturated carbocycles. The minimum Gasteiger partial charge on any atom is -0.508 e. The van der Waals surface area contributed by atoms with Gasteiger partial charge in [0.25, 0.3) is 5.91 Å². The van der Waals surface area contributed by atoms with Gasteiger partial charge in [0.1, 0.15) is 22.9 Å². The number of carbonyl (C=O) groups excluding carboxylic acids is 1. The fourth-order valence-electron chi connectivity index (χ4n) is 1.45. The highest BCUT2D eigenvalue weighted by atomic mass is 19.1. The number of aromatic hydroxyl groups is 1. The Hall–Kier alpha value is -2.43. The Labute approximate surface area is 102 Å². The highest BCUT2D eigenvalue weighted by Crippen LogP contribution is 2.17. The lowest BCUT2D eigenvalue weighted by atomic mass is 10.2. The first kappa shape index (κ1) is 12.0. The minimum absolute atomic E-state index is 0.0325. The van der Waals surface area contributed by atoms with Crippen molar-refractivity contribution in [1.29, 1.82) is 0 Å². The molecule has 0 aliphatic rings. The summed E-state index contributed by atoms with van der Waals surface area (Å²) >= 11 is 0. The topological polar surface area (TPSA) is 49.3 Å². The molecular weight excluding hydrogens is 240 g/mol. The van der Waals surface area contributed by atoms with E-state index in [2.05, 4.69) is 5.32 Å². The number of nitrogens with one attached hydrogen (secondary N) is 1. The summed E-state index contributed by atoms with van der Waals surface area (Å²) in [6.45, 7) is 0. The summed E-state index contributed by atoms with van der Waals surface area (Å²) in [4.78, 5) is 11.7. The van der Waals surface area contributed by atoms with Crippen LogP contribution in [0, 0.1) is 11.6 Å². The zero-order valence-corrected chi connectivity index (χ0v) is 9.15. The summed E-state index contributed by atoms with van der Waals surface area (Å²) < 4.78 is 26.7. The van der Waals surface area contributed by atoms with Crippen LogP contribution in [0.4, 0.5) is 14.5 Å². The summed E-state index contributed by atoms with van der Waals surface area (Å²) in [6, 6.07) is 8.75. The molecule has 0 aliphatic heterocycles. The maximum atomic E-state index is 13.3. The van der Waals surface area contributed by atoms with Gasteiger partial charge in [-0.3, -0.25) is 4.79 Å². The van der Waals surface area contributed by atoms with Crippen LogP contribution in [-0.4, -0.2) is 11.0 Å². The molecule has 2 N–H and O–H groups in total. The lowest BCUT2D eigenvalue weighted by Crippen LogP contribution is -2.15. The Balaban J connectivity index is 2.25. The number of hydrogen-bond acceptors (Lipinski definition) is 2. The lowest BCUT2D eigenvalue weighted by Gasteiger charge is -2.07. The average Bonchev–Trinajstić information content (AvgIpc) is 2.32. The van der Waals surface area contributed by atoms with Crippen LogP contribution in [0.15, 0.2) is 42.5 Å². The quantitative estimate of drug-likeness (QED) is 0.804. The Bertz CT molecular complexity index is 562. The molecule has 0 unspecified atom stereocenters. The van der Waals surface area contributed by atoms with Gasteiger partial charge in [-0.05, 0) is 36.4 Å². The molecule has 0 bridgehead atoms. The van der Waals surface area contributed by atoms with E-state index in [4.69, 9.17) is 5.11 Å². The van der Waals surface area contributed by atoms with Gasteiger partial charge in [-0.25, -0.2) is 8.78 Å². The fourth-order valence-corrected chi connectivity index (χ4v) is 1.45. The third kappa shape index (κ3) is 2.45. The number of benzene rings is 2. The third-order valence-electron chi connectivity index (χ3n) is 2.31. The average molecular weight is 249 g/mol. The van der Waals surface area contributed by atoms with Crippen LogP contribution < -0.4 is 5.32 Å². The van der Waals surface area contributed by atoms with Crippen LogP contribution in [0.5, 0.6) is 5.75 Å². The van der Waals surface area contributed by atoms with Crippen molar-refractivity contribution in [3.8, 4) is 5.75 Å². The van der Waals surface area contributed by atoms with E-state index < -0.39 is 23.1 Å². The molecule has 0 fully saturated rings. The molecule has 3 nitrogen and oxygen atoms in total. The SMILES string of the molecule is O=C(Nc1ccc(O)cc1)c1c(F)cccc1F. The molecule has 0 atom stereocenters. The van der Waals surface area contributed by atoms with Gasteiger partial charge < -0.3 is 10.4 Å². The van der Waals surface area contributed by atoms with E-state index >= 15 is 0 Å². The second-order valence-electron chi connectivity index (χ2n) is 3.60. The summed E-state index contributed by atoms with van der Waals surface area (Å²) in [5.41, 5.74) is -0.300. The number of rotatable bonds is 2. The van der Waals surface area contributed by atoms with Crippen LogP contribution in [0.2, 0.25) is 0 Å². The smallest absolute Gasteiger partial charge is 0.261 e. The molecule has 0 aliphatic carbocycles. The molecule has 0 heterocycles. The predicted molar refractivity (Wildman–Crippen MR) is 62.4 cm³/mol. The molecule has 5 heteroatoms. The number of carbonyl (C=O) groups is 1. The Morgan fingerprint density at radius 2 is 1.56 bits per heavy atom. The number of phenols is 1. The summed E-state index contributed by atoms with van der Waals surface area (Å²) in [6.07, 6.45) is 0. The zero-order chi connectivity index (χ0) is 13.1. The number of amides is 1. The van der Waals surface area contributed by atoms with Crippen molar-refractivity contribution >= 4 is 11.6 Å². The van der Waals surface area contributed by atoms with Gasteiger partial charge in [-0.2, -0.15) is 0 Å². The van der Waals surface area contributed by atoms with Crippen molar-refractivity contribution in [2.75, 3.05) is 5.32 Å². The molecule has 18 heavy (non-hydrogen) atoms. The van der Waals surface area contributed by atoms with E-state index in [0.717, 1.165) is 12.1 Å². The maximum Gasteiger partial charge on any atom is 0.261 e. The van der Waals surface area contributed by atoms with Gasteiger partial charge in [0.2, 0.25) is 0 Å². The molecular formula is C13H9F2NO2. The Morgan fingerprint density at radius 3 is 2.11 bits per heavy atom. The van der Waals surface area contributed by atoms with E-state index in [0.29, 0.717) is 5.69 Å². The van der Waals surface area contributed by atoms with Crippen molar-refractivity contribution < 1.29 is 18.7 Å². The zero-order valence-electron chi connectivity index (χ0n) is 9.15. The first-order valence-electron chi connectivity index (χ1n) is 5.12. The van der Waals surface area contributed by atoms with Gasteiger partial charge in [-0.1, -0.05) is 6.07 Å². The lowest BCUT2D eigenvalue weighted by molar-refractivity contribution is 0.101. The van der Waals surface area contributed by atoms with Crippen molar-refractivity contribution in [2.24, 2.45) is 0 Å². The van der Waals surface area contributed by atoms with Crippen molar-refractivity contribution in [3.63, 3.8) is 0 Å². The number of halogens is 2. The van der Waals surface area contributed by atoms with Crippen molar-refractivity contribution in [2.45, 2.75) is 0 Å². The Kier molecular flexibility index (Phi) is 3.23. The second-order valence-corrected chi connectivity index (χ2v) is 3.60. The predicted octanol–water partition coefficient (Wildman–Crippen LogP) is 2.92. The third-order valence-corrected chi connectivity index (χ3v) is 2.31.